The highest BCUT2D eigenvalue weighted by molar-refractivity contribution is 6.05. The van der Waals surface area contributed by atoms with Crippen molar-refractivity contribution in [2.45, 2.75) is 13.3 Å². The first-order valence-electron chi connectivity index (χ1n) is 6.90. The summed E-state index contributed by atoms with van der Waals surface area (Å²) in [5.41, 5.74) is 2.42. The minimum Gasteiger partial charge on any atom is -0.508 e. The predicted molar refractivity (Wildman–Crippen MR) is 85.0 cm³/mol. The van der Waals surface area contributed by atoms with Gasteiger partial charge in [-0.1, -0.05) is 24.3 Å². The highest BCUT2D eigenvalue weighted by Gasteiger charge is 2.15. The highest BCUT2D eigenvalue weighted by Crippen LogP contribution is 2.20. The van der Waals surface area contributed by atoms with E-state index in [1.165, 1.54) is 6.07 Å². The van der Waals surface area contributed by atoms with E-state index in [1.807, 2.05) is 13.0 Å². The molecule has 114 valence electrons. The molecule has 0 aliphatic heterocycles. The van der Waals surface area contributed by atoms with Gasteiger partial charge in [-0.3, -0.25) is 9.59 Å². The van der Waals surface area contributed by atoms with Gasteiger partial charge in [0.05, 0.1) is 17.7 Å². The number of benzene rings is 2. The third kappa shape index (κ3) is 3.63. The first-order valence-corrected chi connectivity index (χ1v) is 6.90. The van der Waals surface area contributed by atoms with Gasteiger partial charge in [-0.05, 0) is 36.2 Å². The Morgan fingerprint density at radius 3 is 2.55 bits per heavy atom. The second-order valence-corrected chi connectivity index (χ2v) is 4.97. The van der Waals surface area contributed by atoms with Crippen molar-refractivity contribution in [2.24, 2.45) is 0 Å². The van der Waals surface area contributed by atoms with Gasteiger partial charge in [0.1, 0.15) is 5.75 Å². The quantitative estimate of drug-likeness (QED) is 0.810. The molecule has 0 fully saturated rings. The Balaban J connectivity index is 2.18. The van der Waals surface area contributed by atoms with Gasteiger partial charge in [-0.15, -0.1) is 0 Å². The van der Waals surface area contributed by atoms with Gasteiger partial charge < -0.3 is 15.7 Å². The van der Waals surface area contributed by atoms with E-state index in [-0.39, 0.29) is 24.0 Å². The Labute approximate surface area is 129 Å². The van der Waals surface area contributed by atoms with Gasteiger partial charge in [-0.25, -0.2) is 0 Å². The molecule has 0 heterocycles. The molecule has 0 saturated heterocycles. The molecule has 0 aromatic heterocycles. The molecule has 2 rings (SSSR count). The van der Waals surface area contributed by atoms with Crippen molar-refractivity contribution >= 4 is 17.5 Å². The molecule has 2 aromatic rings. The number of hydrogen-bond acceptors (Lipinski definition) is 3. The predicted octanol–water partition coefficient (Wildman–Crippen LogP) is 2.24. The average Bonchev–Trinajstić information content (AvgIpc) is 2.46. The molecule has 5 heteroatoms. The first-order chi connectivity index (χ1) is 10.5. The number of aryl methyl sites for hydroxylation is 1. The van der Waals surface area contributed by atoms with Crippen LogP contribution in [-0.2, 0) is 11.2 Å². The lowest BCUT2D eigenvalue weighted by Gasteiger charge is -2.12. The number of nitrogens with one attached hydrogen (secondary N) is 2. The summed E-state index contributed by atoms with van der Waals surface area (Å²) < 4.78 is 0. The van der Waals surface area contributed by atoms with Crippen LogP contribution < -0.4 is 10.6 Å². The highest BCUT2D eigenvalue weighted by atomic mass is 16.3. The number of carbonyl (C=O) groups is 2. The fraction of sp³-hybridized carbons (Fsp3) is 0.176. The molecule has 0 bridgehead atoms. The van der Waals surface area contributed by atoms with Crippen LogP contribution in [0.3, 0.4) is 0 Å². The number of carbonyl (C=O) groups excluding carboxylic acids is 2. The van der Waals surface area contributed by atoms with E-state index in [1.54, 1.807) is 37.4 Å². The molecule has 0 atom stereocenters. The van der Waals surface area contributed by atoms with Crippen LogP contribution in [0.25, 0.3) is 0 Å². The second-order valence-electron chi connectivity index (χ2n) is 4.97. The maximum Gasteiger partial charge on any atom is 0.253 e. The van der Waals surface area contributed by atoms with Crippen molar-refractivity contribution in [1.29, 1.82) is 0 Å². The van der Waals surface area contributed by atoms with Gasteiger partial charge in [-0.2, -0.15) is 0 Å². The Morgan fingerprint density at radius 1 is 1.14 bits per heavy atom. The van der Waals surface area contributed by atoms with Gasteiger partial charge in [0, 0.05) is 7.05 Å². The second kappa shape index (κ2) is 6.76. The van der Waals surface area contributed by atoms with E-state index in [2.05, 4.69) is 10.6 Å². The van der Waals surface area contributed by atoms with E-state index in [4.69, 9.17) is 0 Å². The van der Waals surface area contributed by atoms with Gasteiger partial charge in [0.25, 0.3) is 5.91 Å². The smallest absolute Gasteiger partial charge is 0.253 e. The fourth-order valence-electron chi connectivity index (χ4n) is 2.24. The number of anilines is 1. The Kier molecular flexibility index (Phi) is 4.78. The molecule has 0 unspecified atom stereocenters. The summed E-state index contributed by atoms with van der Waals surface area (Å²) in [7, 11) is 1.55. The number of rotatable bonds is 4. The van der Waals surface area contributed by atoms with Crippen LogP contribution in [0.4, 0.5) is 5.69 Å². The van der Waals surface area contributed by atoms with Gasteiger partial charge >= 0.3 is 0 Å². The van der Waals surface area contributed by atoms with Crippen molar-refractivity contribution in [3.63, 3.8) is 0 Å². The van der Waals surface area contributed by atoms with Crippen molar-refractivity contribution in [3.05, 3.63) is 59.2 Å². The number of phenolic OH excluding ortho intramolecular Hbond substituents is 1. The van der Waals surface area contributed by atoms with E-state index >= 15 is 0 Å². The molecule has 22 heavy (non-hydrogen) atoms. The third-order valence-corrected chi connectivity index (χ3v) is 3.28. The summed E-state index contributed by atoms with van der Waals surface area (Å²) >= 11 is 0. The minimum absolute atomic E-state index is 0.118. The summed E-state index contributed by atoms with van der Waals surface area (Å²) in [5, 5.41) is 14.7. The van der Waals surface area contributed by atoms with Gasteiger partial charge in [0.15, 0.2) is 0 Å². The summed E-state index contributed by atoms with van der Waals surface area (Å²) in [5.74, 6) is -0.376. The summed E-state index contributed by atoms with van der Waals surface area (Å²) in [6.45, 7) is 1.81. The molecule has 2 amide bonds. The number of amides is 2. The lowest BCUT2D eigenvalue weighted by Crippen LogP contribution is -2.23. The zero-order valence-corrected chi connectivity index (χ0v) is 12.5. The molecule has 2 aromatic carbocycles. The van der Waals surface area contributed by atoms with Crippen LogP contribution in [0.2, 0.25) is 0 Å². The van der Waals surface area contributed by atoms with Crippen LogP contribution in [0.15, 0.2) is 42.5 Å². The molecule has 0 aliphatic carbocycles. The molecule has 5 nitrogen and oxygen atoms in total. The molecule has 0 saturated carbocycles. The van der Waals surface area contributed by atoms with Crippen molar-refractivity contribution < 1.29 is 14.7 Å². The van der Waals surface area contributed by atoms with E-state index in [0.717, 1.165) is 5.56 Å². The normalized spacial score (nSPS) is 10.1. The minimum atomic E-state index is -0.249. The number of phenols is 1. The van der Waals surface area contributed by atoms with Crippen molar-refractivity contribution in [3.8, 4) is 5.75 Å². The van der Waals surface area contributed by atoms with Crippen LogP contribution in [0.1, 0.15) is 21.5 Å². The van der Waals surface area contributed by atoms with E-state index in [0.29, 0.717) is 16.8 Å². The number of aromatic hydroxyl groups is 1. The Bertz CT molecular complexity index is 711. The molecular weight excluding hydrogens is 280 g/mol. The monoisotopic (exact) mass is 298 g/mol. The van der Waals surface area contributed by atoms with Gasteiger partial charge in [0.2, 0.25) is 5.91 Å². The standard InChI is InChI=1S/C17H18N2O3/c1-11-5-3-8-14(16(11)17(22)18-2)19-15(21)10-12-6-4-7-13(20)9-12/h3-9,20H,10H2,1-2H3,(H,18,22)(H,19,21). The molecule has 0 spiro atoms. The lowest BCUT2D eigenvalue weighted by molar-refractivity contribution is -0.115. The maximum absolute atomic E-state index is 12.1. The van der Waals surface area contributed by atoms with E-state index in [9.17, 15) is 14.7 Å². The summed E-state index contributed by atoms with van der Waals surface area (Å²) in [6.07, 6.45) is 0.121. The van der Waals surface area contributed by atoms with Crippen molar-refractivity contribution in [2.75, 3.05) is 12.4 Å². The van der Waals surface area contributed by atoms with Crippen molar-refractivity contribution in [1.82, 2.24) is 5.32 Å². The van der Waals surface area contributed by atoms with Crippen LogP contribution in [0.5, 0.6) is 5.75 Å². The largest absolute Gasteiger partial charge is 0.508 e. The Hall–Kier alpha value is -2.82. The van der Waals surface area contributed by atoms with Crippen LogP contribution in [0, 0.1) is 6.92 Å². The fourth-order valence-corrected chi connectivity index (χ4v) is 2.24. The third-order valence-electron chi connectivity index (χ3n) is 3.28. The average molecular weight is 298 g/mol. The zero-order valence-electron chi connectivity index (χ0n) is 12.5. The maximum atomic E-state index is 12.1. The molecule has 0 aliphatic rings. The molecule has 3 N–H and O–H groups in total. The summed E-state index contributed by atoms with van der Waals surface area (Å²) in [4.78, 5) is 24.1. The number of hydrogen-bond donors (Lipinski definition) is 3. The van der Waals surface area contributed by atoms with Crippen LogP contribution in [-0.4, -0.2) is 24.0 Å². The zero-order chi connectivity index (χ0) is 16.1. The SMILES string of the molecule is CNC(=O)c1c(C)cccc1NC(=O)Cc1cccc(O)c1. The first kappa shape index (κ1) is 15.6. The summed E-state index contributed by atoms with van der Waals surface area (Å²) in [6, 6.07) is 11.8. The topological polar surface area (TPSA) is 78.4 Å². The lowest BCUT2D eigenvalue weighted by atomic mass is 10.1. The Morgan fingerprint density at radius 2 is 1.86 bits per heavy atom. The molecule has 0 radical (unpaired) electrons. The molecular formula is C17H18N2O3. The van der Waals surface area contributed by atoms with Crippen LogP contribution >= 0.6 is 0 Å². The van der Waals surface area contributed by atoms with E-state index < -0.39 is 0 Å².